The third-order valence-electron chi connectivity index (χ3n) is 10.2. The molecular weight excluding hydrogens is 724 g/mol. The van der Waals surface area contributed by atoms with Gasteiger partial charge in [0.15, 0.2) is 17.1 Å². The molecule has 1 aliphatic carbocycles. The predicted octanol–water partition coefficient (Wildman–Crippen LogP) is 11.2. The lowest BCUT2D eigenvalue weighted by Crippen LogP contribution is -2.36. The zero-order chi connectivity index (χ0) is 37.0. The van der Waals surface area contributed by atoms with Gasteiger partial charge in [0, 0.05) is 41.9 Å². The van der Waals surface area contributed by atoms with E-state index < -0.39 is 11.2 Å². The quantitative estimate of drug-likeness (QED) is 0.0916. The number of halogens is 1. The van der Waals surface area contributed by atoms with Gasteiger partial charge in [0.05, 0.1) is 47.3 Å². The van der Waals surface area contributed by atoms with Crippen LogP contribution in [0.4, 0.5) is 4.39 Å². The smallest absolute Gasteiger partial charge is 0.178 e. The molecule has 0 amide bonds. The zero-order valence-corrected chi connectivity index (χ0v) is 30.8. The fourth-order valence-corrected chi connectivity index (χ4v) is 7.71. The van der Waals surface area contributed by atoms with Crippen LogP contribution < -0.4 is 18.9 Å². The van der Waals surface area contributed by atoms with E-state index in [1.807, 2.05) is 36.4 Å². The fraction of sp³-hybridized carbons (Fsp3) is 0.375. The topological polar surface area (TPSA) is 73.8 Å². The zero-order valence-electron chi connectivity index (χ0n) is 30.8. The Balaban J connectivity index is 0.00000218. The van der Waals surface area contributed by atoms with Crippen LogP contribution in [-0.2, 0) is 30.1 Å². The molecule has 0 saturated carbocycles. The van der Waals surface area contributed by atoms with Crippen LogP contribution in [0, 0.1) is 5.82 Å². The molecule has 1 heterocycles. The number of rotatable bonds is 16. The van der Waals surface area contributed by atoms with Gasteiger partial charge in [-0.25, -0.2) is 4.39 Å². The molecule has 0 saturated heterocycles. The largest absolute Gasteiger partial charge is 0.493 e. The molecule has 9 heteroatoms. The van der Waals surface area contributed by atoms with E-state index >= 15 is 0 Å². The second-order valence-electron chi connectivity index (χ2n) is 13.0. The summed E-state index contributed by atoms with van der Waals surface area (Å²) < 4.78 is 62.7. The Kier molecular flexibility index (Phi) is 16.3. The van der Waals surface area contributed by atoms with Gasteiger partial charge in [-0.3, -0.25) is 0 Å². The Labute approximate surface area is 339 Å². The molecule has 5 aromatic rings. The minimum absolute atomic E-state index is 0. The molecule has 7 rings (SSSR count). The molecule has 57 heavy (non-hydrogen) atoms. The summed E-state index contributed by atoms with van der Waals surface area (Å²) in [6.45, 7) is 4.82. The maximum Gasteiger partial charge on any atom is 0.178 e. The molecule has 5 aromatic carbocycles. The maximum atomic E-state index is 14.4. The second-order valence-corrected chi connectivity index (χ2v) is 13.0. The highest BCUT2D eigenvalue weighted by molar-refractivity contribution is 6.09. The third kappa shape index (κ3) is 8.25. The lowest BCUT2D eigenvalue weighted by atomic mass is 9.79. The van der Waals surface area contributed by atoms with E-state index in [1.54, 1.807) is 40.6 Å². The van der Waals surface area contributed by atoms with E-state index in [0.29, 0.717) is 69.1 Å². The SMILES string of the molecule is C.C.C.C.CCC1(OCCOCCOC)c2ccccc2-c2c1c1c(c3cc(OC)c(OC)cc23)OC(c2ccc(F)cc2)(c2ccc(OCCOC)cc2)C=C1. The molecule has 2 unspecified atom stereocenters. The summed E-state index contributed by atoms with van der Waals surface area (Å²) in [4.78, 5) is 0. The Bertz CT molecular complexity index is 2100. The van der Waals surface area contributed by atoms with Crippen molar-refractivity contribution in [1.82, 2.24) is 0 Å². The lowest BCUT2D eigenvalue weighted by Gasteiger charge is -2.39. The van der Waals surface area contributed by atoms with Crippen LogP contribution in [0.3, 0.4) is 0 Å². The van der Waals surface area contributed by atoms with Crippen LogP contribution in [0.2, 0.25) is 0 Å². The van der Waals surface area contributed by atoms with E-state index in [4.69, 9.17) is 37.9 Å². The monoisotopic (exact) mass is 784 g/mol. The highest BCUT2D eigenvalue weighted by Crippen LogP contribution is 2.60. The van der Waals surface area contributed by atoms with Gasteiger partial charge in [0.1, 0.15) is 29.5 Å². The number of hydrogen-bond donors (Lipinski definition) is 0. The third-order valence-corrected chi connectivity index (χ3v) is 10.2. The van der Waals surface area contributed by atoms with Crippen molar-refractivity contribution in [2.45, 2.75) is 54.3 Å². The van der Waals surface area contributed by atoms with Crippen LogP contribution in [-0.4, -0.2) is 68.1 Å². The molecule has 0 bridgehead atoms. The standard InChI is InChI=1S/C44H45FO8.4CH4/c1-6-43(52-26-24-50-23-21-46-2)37-10-8-7-9-33(37)40-35-27-38(48-4)39(49-5)28-36(35)42-34(41(40)43)19-20-44(53-42,29-11-15-31(45)16-12-29)30-13-17-32(18-14-30)51-25-22-47-3;;;;/h7-20,27-28H,6,21-26H2,1-5H3;4*1H4. The number of fused-ring (bicyclic) bond motifs is 8. The van der Waals surface area contributed by atoms with Gasteiger partial charge < -0.3 is 37.9 Å². The summed E-state index contributed by atoms with van der Waals surface area (Å²) in [5.41, 5.74) is 4.78. The van der Waals surface area contributed by atoms with Crippen molar-refractivity contribution in [2.24, 2.45) is 0 Å². The average Bonchev–Trinajstić information content (AvgIpc) is 3.49. The predicted molar refractivity (Wildman–Crippen MR) is 230 cm³/mol. The lowest BCUT2D eigenvalue weighted by molar-refractivity contribution is -0.0513. The van der Waals surface area contributed by atoms with Gasteiger partial charge in [0.2, 0.25) is 0 Å². The summed E-state index contributed by atoms with van der Waals surface area (Å²) in [6.07, 6.45) is 4.85. The van der Waals surface area contributed by atoms with Gasteiger partial charge in [-0.15, -0.1) is 0 Å². The van der Waals surface area contributed by atoms with Crippen molar-refractivity contribution in [1.29, 1.82) is 0 Å². The summed E-state index contributed by atoms with van der Waals surface area (Å²) in [7, 11) is 6.57. The van der Waals surface area contributed by atoms with Crippen molar-refractivity contribution in [3.05, 3.63) is 125 Å². The molecule has 2 atom stereocenters. The average molecular weight is 785 g/mol. The van der Waals surface area contributed by atoms with Crippen LogP contribution in [0.5, 0.6) is 23.0 Å². The van der Waals surface area contributed by atoms with Crippen LogP contribution in [0.1, 0.15) is 70.9 Å². The first-order valence-electron chi connectivity index (χ1n) is 17.9. The summed E-state index contributed by atoms with van der Waals surface area (Å²) in [5.74, 6) is 2.19. The Hall–Kier alpha value is -4.93. The molecule has 1 aliphatic heterocycles. The molecule has 0 fully saturated rings. The fourth-order valence-electron chi connectivity index (χ4n) is 7.71. The van der Waals surface area contributed by atoms with E-state index in [2.05, 4.69) is 43.3 Å². The Morgan fingerprint density at radius 3 is 1.89 bits per heavy atom. The van der Waals surface area contributed by atoms with Gasteiger partial charge in [0.25, 0.3) is 0 Å². The molecule has 0 N–H and O–H groups in total. The summed E-state index contributed by atoms with van der Waals surface area (Å²) in [5, 5.41) is 1.78. The molecule has 308 valence electrons. The van der Waals surface area contributed by atoms with Crippen molar-refractivity contribution in [3.63, 3.8) is 0 Å². The molecule has 0 aromatic heterocycles. The first-order valence-corrected chi connectivity index (χ1v) is 17.9. The van der Waals surface area contributed by atoms with E-state index in [9.17, 15) is 4.39 Å². The molecule has 0 spiro atoms. The normalized spacial score (nSPS) is 17.0. The number of hydrogen-bond acceptors (Lipinski definition) is 8. The van der Waals surface area contributed by atoms with Crippen LogP contribution in [0.15, 0.2) is 91.0 Å². The summed E-state index contributed by atoms with van der Waals surface area (Å²) >= 11 is 0. The first kappa shape index (κ1) is 46.5. The number of benzene rings is 5. The minimum Gasteiger partial charge on any atom is -0.493 e. The highest BCUT2D eigenvalue weighted by atomic mass is 19.1. The Morgan fingerprint density at radius 1 is 0.667 bits per heavy atom. The van der Waals surface area contributed by atoms with Gasteiger partial charge in [-0.2, -0.15) is 0 Å². The van der Waals surface area contributed by atoms with E-state index in [0.717, 1.165) is 49.7 Å². The minimum atomic E-state index is -1.13. The molecular formula is C48H61FO8. The van der Waals surface area contributed by atoms with Gasteiger partial charge in [-0.1, -0.05) is 91.2 Å². The first-order chi connectivity index (χ1) is 25.9. The van der Waals surface area contributed by atoms with Crippen molar-refractivity contribution >= 4 is 16.8 Å². The molecule has 8 nitrogen and oxygen atoms in total. The highest BCUT2D eigenvalue weighted by Gasteiger charge is 2.48. The van der Waals surface area contributed by atoms with Gasteiger partial charge >= 0.3 is 0 Å². The number of methoxy groups -OCH3 is 4. The van der Waals surface area contributed by atoms with E-state index in [-0.39, 0.29) is 35.5 Å². The van der Waals surface area contributed by atoms with Crippen LogP contribution >= 0.6 is 0 Å². The van der Waals surface area contributed by atoms with Crippen LogP contribution in [0.25, 0.3) is 28.0 Å². The van der Waals surface area contributed by atoms with E-state index in [1.165, 1.54) is 12.1 Å². The number of ether oxygens (including phenoxy) is 8. The molecule has 0 radical (unpaired) electrons. The van der Waals surface area contributed by atoms with Crippen molar-refractivity contribution in [2.75, 3.05) is 68.1 Å². The van der Waals surface area contributed by atoms with Gasteiger partial charge in [-0.05, 0) is 71.0 Å². The second kappa shape index (κ2) is 20.0. The van der Waals surface area contributed by atoms with Crippen molar-refractivity contribution in [3.8, 4) is 34.1 Å². The van der Waals surface area contributed by atoms with Crippen molar-refractivity contribution < 1.29 is 42.3 Å². The Morgan fingerprint density at radius 2 is 1.26 bits per heavy atom. The molecule has 2 aliphatic rings. The summed E-state index contributed by atoms with van der Waals surface area (Å²) in [6, 6.07) is 26.7. The maximum absolute atomic E-state index is 14.4.